The molecule has 0 amide bonds. The molecular formula is C29H45NO9. The van der Waals surface area contributed by atoms with E-state index in [1.165, 1.54) is 12.1 Å². The van der Waals surface area contributed by atoms with Gasteiger partial charge in [0.05, 0.1) is 12.8 Å². The summed E-state index contributed by atoms with van der Waals surface area (Å²) in [5.74, 6) is -1.49. The van der Waals surface area contributed by atoms with Gasteiger partial charge < -0.3 is 29.4 Å². The molecule has 3 atom stereocenters. The van der Waals surface area contributed by atoms with E-state index in [-0.39, 0.29) is 54.3 Å². The first-order chi connectivity index (χ1) is 17.9. The molecule has 2 N–H and O–H groups in total. The van der Waals surface area contributed by atoms with Gasteiger partial charge in [0, 0.05) is 0 Å². The van der Waals surface area contributed by atoms with Gasteiger partial charge in [-0.15, -0.1) is 0 Å². The lowest BCUT2D eigenvalue weighted by molar-refractivity contribution is -0.148. The Hall–Kier alpha value is -3.14. The van der Waals surface area contributed by atoms with Crippen LogP contribution in [0.3, 0.4) is 0 Å². The van der Waals surface area contributed by atoms with Gasteiger partial charge in [0.1, 0.15) is 24.9 Å². The fourth-order valence-electron chi connectivity index (χ4n) is 3.14. The van der Waals surface area contributed by atoms with Crippen LogP contribution in [0.2, 0.25) is 0 Å². The highest BCUT2D eigenvalue weighted by Gasteiger charge is 2.24. The Bertz CT molecular complexity index is 991. The molecule has 10 nitrogen and oxygen atoms in total. The molecule has 1 aromatic carbocycles. The molecule has 0 heterocycles. The van der Waals surface area contributed by atoms with Gasteiger partial charge in [-0.1, -0.05) is 54.5 Å². The highest BCUT2D eigenvalue weighted by atomic mass is 16.7. The van der Waals surface area contributed by atoms with E-state index in [4.69, 9.17) is 29.4 Å². The predicted molar refractivity (Wildman–Crippen MR) is 145 cm³/mol. The minimum Gasteiger partial charge on any atom is -0.461 e. The van der Waals surface area contributed by atoms with Gasteiger partial charge >= 0.3 is 24.1 Å². The maximum absolute atomic E-state index is 12.5. The topological polar surface area (TPSA) is 140 Å². The molecule has 0 radical (unpaired) electrons. The minimum absolute atomic E-state index is 0.0597. The van der Waals surface area contributed by atoms with E-state index in [0.717, 1.165) is 0 Å². The van der Waals surface area contributed by atoms with E-state index in [2.05, 4.69) is 0 Å². The van der Waals surface area contributed by atoms with Gasteiger partial charge in [-0.2, -0.15) is 0 Å². The fraction of sp³-hybridized carbons (Fsp3) is 0.655. The second-order valence-electron chi connectivity index (χ2n) is 12.2. The van der Waals surface area contributed by atoms with E-state index in [1.54, 1.807) is 19.9 Å². The number of hydrogen-bond donors (Lipinski definition) is 1. The first-order valence-corrected chi connectivity index (χ1v) is 13.2. The number of esters is 3. The molecule has 0 spiro atoms. The third-order valence-electron chi connectivity index (χ3n) is 5.19. The lowest BCUT2D eigenvalue weighted by Gasteiger charge is -2.20. The van der Waals surface area contributed by atoms with Gasteiger partial charge in [-0.25, -0.2) is 4.79 Å². The molecule has 1 rings (SSSR count). The molecule has 0 saturated carbocycles. The largest absolute Gasteiger partial charge is 0.508 e. The standard InChI is InChI=1S/C29H45NO9/c1-10-18(2)36-27(34)37-19(3)17-35-26(33)21(30)13-20-11-12-22(38-24(31)15-28(4,5)6)23(14-20)39-25(32)16-29(7,8)9/h11-12,14,18-19,21H,10,13,15-17,30H2,1-9H3/t18?,19-,21-/m0/s1. The number of carbonyl (C=O) groups excluding carboxylic acids is 4. The van der Waals surface area contributed by atoms with Gasteiger partial charge in [0.15, 0.2) is 11.5 Å². The number of nitrogens with two attached hydrogens (primary N) is 1. The summed E-state index contributed by atoms with van der Waals surface area (Å²) >= 11 is 0. The Labute approximate surface area is 231 Å². The lowest BCUT2D eigenvalue weighted by Crippen LogP contribution is -2.36. The number of hydrogen-bond acceptors (Lipinski definition) is 10. The highest BCUT2D eigenvalue weighted by Crippen LogP contribution is 2.32. The van der Waals surface area contributed by atoms with E-state index < -0.39 is 36.2 Å². The van der Waals surface area contributed by atoms with Crippen molar-refractivity contribution < 1.29 is 42.9 Å². The molecule has 220 valence electrons. The Morgan fingerprint density at radius 1 is 0.821 bits per heavy atom. The average molecular weight is 552 g/mol. The molecule has 39 heavy (non-hydrogen) atoms. The van der Waals surface area contributed by atoms with Crippen molar-refractivity contribution in [2.75, 3.05) is 6.61 Å². The third-order valence-corrected chi connectivity index (χ3v) is 5.19. The van der Waals surface area contributed by atoms with Crippen molar-refractivity contribution in [3.05, 3.63) is 23.8 Å². The van der Waals surface area contributed by atoms with E-state index in [1.807, 2.05) is 48.5 Å². The molecule has 0 fully saturated rings. The third kappa shape index (κ3) is 14.6. The summed E-state index contributed by atoms with van der Waals surface area (Å²) in [6, 6.07) is 3.61. The molecule has 0 aliphatic carbocycles. The van der Waals surface area contributed by atoms with Gasteiger partial charge in [0.25, 0.3) is 0 Å². The minimum atomic E-state index is -1.04. The summed E-state index contributed by atoms with van der Waals surface area (Å²) < 4.78 is 26.3. The monoisotopic (exact) mass is 551 g/mol. The van der Waals surface area contributed by atoms with Crippen LogP contribution in [0.1, 0.15) is 87.1 Å². The van der Waals surface area contributed by atoms with Crippen LogP contribution in [0.25, 0.3) is 0 Å². The van der Waals surface area contributed by atoms with E-state index in [0.29, 0.717) is 12.0 Å². The average Bonchev–Trinajstić information content (AvgIpc) is 2.76. The molecule has 0 saturated heterocycles. The van der Waals surface area contributed by atoms with Crippen LogP contribution in [0.15, 0.2) is 18.2 Å². The molecular weight excluding hydrogens is 506 g/mol. The van der Waals surface area contributed by atoms with Crippen LogP contribution in [0, 0.1) is 10.8 Å². The Kier molecular flexibility index (Phi) is 12.9. The number of carbonyl (C=O) groups is 4. The molecule has 1 aromatic rings. The zero-order chi connectivity index (χ0) is 30.0. The van der Waals surface area contributed by atoms with E-state index >= 15 is 0 Å². The molecule has 0 aliphatic heterocycles. The molecule has 0 bridgehead atoms. The maximum Gasteiger partial charge on any atom is 0.508 e. The quantitative estimate of drug-likeness (QED) is 0.275. The van der Waals surface area contributed by atoms with Crippen molar-refractivity contribution in [3.63, 3.8) is 0 Å². The normalized spacial score (nSPS) is 14.0. The van der Waals surface area contributed by atoms with Crippen molar-refractivity contribution in [2.24, 2.45) is 16.6 Å². The summed E-state index contributed by atoms with van der Waals surface area (Å²) in [6.07, 6.45) is -0.841. The van der Waals surface area contributed by atoms with Crippen LogP contribution in [0.5, 0.6) is 11.5 Å². The summed E-state index contributed by atoms with van der Waals surface area (Å²) in [5.41, 5.74) is 6.01. The molecule has 1 unspecified atom stereocenters. The second-order valence-corrected chi connectivity index (χ2v) is 12.2. The van der Waals surface area contributed by atoms with Gasteiger partial charge in [-0.3, -0.25) is 14.4 Å². The van der Waals surface area contributed by atoms with Crippen LogP contribution in [-0.2, 0) is 35.0 Å². The van der Waals surface area contributed by atoms with E-state index in [9.17, 15) is 19.2 Å². The predicted octanol–water partition coefficient (Wildman–Crippen LogP) is 5.12. The van der Waals surface area contributed by atoms with Gasteiger partial charge in [0.2, 0.25) is 0 Å². The summed E-state index contributed by atoms with van der Waals surface area (Å²) in [6.45, 7) is 16.4. The first-order valence-electron chi connectivity index (χ1n) is 13.2. The fourth-order valence-corrected chi connectivity index (χ4v) is 3.14. The highest BCUT2D eigenvalue weighted by molar-refractivity contribution is 5.78. The van der Waals surface area contributed by atoms with Crippen LogP contribution in [0.4, 0.5) is 4.79 Å². The second kappa shape index (κ2) is 14.9. The molecule has 0 aromatic heterocycles. The maximum atomic E-state index is 12.5. The zero-order valence-electron chi connectivity index (χ0n) is 24.8. The summed E-state index contributed by atoms with van der Waals surface area (Å²) in [4.78, 5) is 49.1. The SMILES string of the molecule is CCC(C)OC(=O)O[C@@H](C)COC(=O)[C@@H](N)Cc1ccc(OC(=O)CC(C)(C)C)c(OC(=O)CC(C)(C)C)c1. The number of ether oxygens (including phenoxy) is 5. The summed E-state index contributed by atoms with van der Waals surface area (Å²) in [7, 11) is 0. The Morgan fingerprint density at radius 2 is 1.33 bits per heavy atom. The smallest absolute Gasteiger partial charge is 0.461 e. The van der Waals surface area contributed by atoms with Crippen LogP contribution >= 0.6 is 0 Å². The first kappa shape index (κ1) is 33.9. The van der Waals surface area contributed by atoms with Crippen molar-refractivity contribution in [1.29, 1.82) is 0 Å². The number of benzene rings is 1. The van der Waals surface area contributed by atoms with Crippen molar-refractivity contribution in [3.8, 4) is 11.5 Å². The zero-order valence-corrected chi connectivity index (χ0v) is 24.8. The molecule has 10 heteroatoms. The Morgan fingerprint density at radius 3 is 1.85 bits per heavy atom. The van der Waals surface area contributed by atoms with Crippen molar-refractivity contribution in [1.82, 2.24) is 0 Å². The summed E-state index contributed by atoms with van der Waals surface area (Å²) in [5, 5.41) is 0. The molecule has 0 aliphatic rings. The van der Waals surface area contributed by atoms with Crippen LogP contribution < -0.4 is 15.2 Å². The lowest BCUT2D eigenvalue weighted by atomic mass is 9.92. The Balaban J connectivity index is 2.89. The van der Waals surface area contributed by atoms with Crippen LogP contribution in [-0.4, -0.2) is 48.9 Å². The van der Waals surface area contributed by atoms with Crippen molar-refractivity contribution in [2.45, 2.75) is 106 Å². The van der Waals surface area contributed by atoms with Gasteiger partial charge in [-0.05, 0) is 55.2 Å². The number of rotatable bonds is 12. The van der Waals surface area contributed by atoms with Crippen molar-refractivity contribution >= 4 is 24.1 Å².